The Hall–Kier alpha value is -0.810. The summed E-state index contributed by atoms with van der Waals surface area (Å²) in [5, 5.41) is 8.60. The largest absolute Gasteiger partial charge is 0.192 e. The second kappa shape index (κ2) is 3.54. The van der Waals surface area contributed by atoms with Crippen LogP contribution in [0.3, 0.4) is 0 Å². The number of benzene rings is 1. The van der Waals surface area contributed by atoms with E-state index in [1.165, 1.54) is 5.56 Å². The monoisotopic (exact) mass is 209 g/mol. The molecular weight excluding hydrogens is 202 g/mol. The van der Waals surface area contributed by atoms with Gasteiger partial charge in [0.25, 0.3) is 0 Å². The number of nitriles is 1. The molecule has 2 heteroatoms. The second-order valence-corrected chi connectivity index (χ2v) is 3.13. The van der Waals surface area contributed by atoms with Crippen molar-refractivity contribution in [2.24, 2.45) is 0 Å². The van der Waals surface area contributed by atoms with Crippen LogP contribution in [0.25, 0.3) is 0 Å². The first kappa shape index (κ1) is 8.29. The molecule has 1 aromatic rings. The standard InChI is InChI=1S/C9H8BrN/c1-2-7-3-4-8(6-11)9(10)5-7/h3-5H,2H2,1H3. The van der Waals surface area contributed by atoms with Crippen LogP contribution in [0.5, 0.6) is 0 Å². The van der Waals surface area contributed by atoms with Crippen molar-refractivity contribution in [1.82, 2.24) is 0 Å². The average molecular weight is 210 g/mol. The molecule has 0 spiro atoms. The summed E-state index contributed by atoms with van der Waals surface area (Å²) in [4.78, 5) is 0. The Morgan fingerprint density at radius 1 is 1.55 bits per heavy atom. The van der Waals surface area contributed by atoms with Crippen molar-refractivity contribution in [3.05, 3.63) is 33.8 Å². The fourth-order valence-corrected chi connectivity index (χ4v) is 1.38. The van der Waals surface area contributed by atoms with Gasteiger partial charge in [0.05, 0.1) is 5.56 Å². The average Bonchev–Trinajstić information content (AvgIpc) is 2.04. The minimum Gasteiger partial charge on any atom is -0.192 e. The summed E-state index contributed by atoms with van der Waals surface area (Å²) < 4.78 is 0.888. The highest BCUT2D eigenvalue weighted by atomic mass is 79.9. The molecule has 0 heterocycles. The summed E-state index contributed by atoms with van der Waals surface area (Å²) in [6, 6.07) is 7.90. The first-order chi connectivity index (χ1) is 5.27. The molecule has 0 aromatic heterocycles. The minimum absolute atomic E-state index is 0.696. The Morgan fingerprint density at radius 3 is 2.73 bits per heavy atom. The van der Waals surface area contributed by atoms with E-state index < -0.39 is 0 Å². The van der Waals surface area contributed by atoms with Gasteiger partial charge in [0.2, 0.25) is 0 Å². The summed E-state index contributed by atoms with van der Waals surface area (Å²) in [5.74, 6) is 0. The van der Waals surface area contributed by atoms with Crippen molar-refractivity contribution < 1.29 is 0 Å². The topological polar surface area (TPSA) is 23.8 Å². The zero-order chi connectivity index (χ0) is 8.27. The summed E-state index contributed by atoms with van der Waals surface area (Å²) in [7, 11) is 0. The van der Waals surface area contributed by atoms with E-state index in [9.17, 15) is 0 Å². The maximum Gasteiger partial charge on any atom is 0.100 e. The molecule has 11 heavy (non-hydrogen) atoms. The lowest BCUT2D eigenvalue weighted by molar-refractivity contribution is 1.13. The molecule has 0 amide bonds. The molecule has 0 saturated carbocycles. The highest BCUT2D eigenvalue weighted by Gasteiger charge is 1.97. The maximum atomic E-state index is 8.60. The number of rotatable bonds is 1. The summed E-state index contributed by atoms with van der Waals surface area (Å²) >= 11 is 3.33. The third kappa shape index (κ3) is 1.81. The fourth-order valence-electron chi connectivity index (χ4n) is 0.869. The van der Waals surface area contributed by atoms with Crippen molar-refractivity contribution in [2.75, 3.05) is 0 Å². The van der Waals surface area contributed by atoms with Gasteiger partial charge in [0.15, 0.2) is 0 Å². The first-order valence-electron chi connectivity index (χ1n) is 3.46. The highest BCUT2D eigenvalue weighted by molar-refractivity contribution is 9.10. The van der Waals surface area contributed by atoms with Gasteiger partial charge in [-0.15, -0.1) is 0 Å². The Kier molecular flexibility index (Phi) is 2.67. The second-order valence-electron chi connectivity index (χ2n) is 2.28. The highest BCUT2D eigenvalue weighted by Crippen LogP contribution is 2.17. The van der Waals surface area contributed by atoms with E-state index >= 15 is 0 Å². The van der Waals surface area contributed by atoms with Crippen molar-refractivity contribution in [2.45, 2.75) is 13.3 Å². The van der Waals surface area contributed by atoms with Gasteiger partial charge < -0.3 is 0 Å². The van der Waals surface area contributed by atoms with Crippen molar-refractivity contribution in [3.63, 3.8) is 0 Å². The van der Waals surface area contributed by atoms with E-state index in [0.29, 0.717) is 5.56 Å². The van der Waals surface area contributed by atoms with Gasteiger partial charge in [0, 0.05) is 4.47 Å². The molecule has 0 bridgehead atoms. The molecule has 0 aliphatic heterocycles. The van der Waals surface area contributed by atoms with Crippen molar-refractivity contribution in [3.8, 4) is 6.07 Å². The summed E-state index contributed by atoms with van der Waals surface area (Å²) in [6.07, 6.45) is 1.00. The third-order valence-corrected chi connectivity index (χ3v) is 2.22. The Labute approximate surface area is 74.8 Å². The third-order valence-electron chi connectivity index (χ3n) is 1.56. The molecule has 0 atom stereocenters. The molecular formula is C9H8BrN. The fraction of sp³-hybridized carbons (Fsp3) is 0.222. The van der Waals surface area contributed by atoms with Crippen LogP contribution in [0.1, 0.15) is 18.1 Å². The van der Waals surface area contributed by atoms with Gasteiger partial charge in [0.1, 0.15) is 6.07 Å². The van der Waals surface area contributed by atoms with Crippen molar-refractivity contribution >= 4 is 15.9 Å². The van der Waals surface area contributed by atoms with E-state index in [1.54, 1.807) is 0 Å². The molecule has 0 radical (unpaired) electrons. The van der Waals surface area contributed by atoms with Crippen LogP contribution in [0, 0.1) is 11.3 Å². The maximum absolute atomic E-state index is 8.60. The van der Waals surface area contributed by atoms with Crippen LogP contribution >= 0.6 is 15.9 Å². The van der Waals surface area contributed by atoms with E-state index in [1.807, 2.05) is 18.2 Å². The summed E-state index contributed by atoms with van der Waals surface area (Å²) in [5.41, 5.74) is 1.94. The van der Waals surface area contributed by atoms with E-state index in [0.717, 1.165) is 10.9 Å². The number of halogens is 1. The van der Waals surface area contributed by atoms with Crippen LogP contribution in [0.2, 0.25) is 0 Å². The molecule has 0 fully saturated rings. The molecule has 0 saturated heterocycles. The zero-order valence-electron chi connectivity index (χ0n) is 6.26. The lowest BCUT2D eigenvalue weighted by Crippen LogP contribution is -1.82. The summed E-state index contributed by atoms with van der Waals surface area (Å²) in [6.45, 7) is 2.09. The van der Waals surface area contributed by atoms with E-state index in [-0.39, 0.29) is 0 Å². The number of aryl methyl sites for hydroxylation is 1. The van der Waals surface area contributed by atoms with E-state index in [4.69, 9.17) is 5.26 Å². The smallest absolute Gasteiger partial charge is 0.100 e. The van der Waals surface area contributed by atoms with Gasteiger partial charge in [-0.3, -0.25) is 0 Å². The van der Waals surface area contributed by atoms with Crippen LogP contribution in [-0.2, 0) is 6.42 Å². The molecule has 1 nitrogen and oxygen atoms in total. The van der Waals surface area contributed by atoms with Crippen LogP contribution in [-0.4, -0.2) is 0 Å². The van der Waals surface area contributed by atoms with Crippen LogP contribution in [0.15, 0.2) is 22.7 Å². The molecule has 1 rings (SSSR count). The van der Waals surface area contributed by atoms with Gasteiger partial charge in [-0.1, -0.05) is 13.0 Å². The lowest BCUT2D eigenvalue weighted by Gasteiger charge is -1.97. The van der Waals surface area contributed by atoms with Crippen molar-refractivity contribution in [1.29, 1.82) is 5.26 Å². The molecule has 0 aliphatic rings. The Morgan fingerprint density at radius 2 is 2.27 bits per heavy atom. The molecule has 0 unspecified atom stereocenters. The molecule has 0 N–H and O–H groups in total. The molecule has 56 valence electrons. The minimum atomic E-state index is 0.696. The predicted molar refractivity (Wildman–Crippen MR) is 48.2 cm³/mol. The lowest BCUT2D eigenvalue weighted by atomic mass is 10.1. The normalized spacial score (nSPS) is 9.18. The number of nitrogens with zero attached hydrogens (tertiary/aromatic N) is 1. The van der Waals surface area contributed by atoms with Crippen LogP contribution in [0.4, 0.5) is 0 Å². The van der Waals surface area contributed by atoms with Gasteiger partial charge >= 0.3 is 0 Å². The van der Waals surface area contributed by atoms with Gasteiger partial charge in [-0.05, 0) is 40.0 Å². The SMILES string of the molecule is CCc1ccc(C#N)c(Br)c1. The molecule has 1 aromatic carbocycles. The zero-order valence-corrected chi connectivity index (χ0v) is 7.85. The van der Waals surface area contributed by atoms with Gasteiger partial charge in [-0.25, -0.2) is 0 Å². The van der Waals surface area contributed by atoms with E-state index in [2.05, 4.69) is 28.9 Å². The first-order valence-corrected chi connectivity index (χ1v) is 4.25. The Bertz CT molecular complexity index is 299. The van der Waals surface area contributed by atoms with Gasteiger partial charge in [-0.2, -0.15) is 5.26 Å². The Balaban J connectivity index is 3.12. The quantitative estimate of drug-likeness (QED) is 0.699. The number of hydrogen-bond acceptors (Lipinski definition) is 1. The van der Waals surface area contributed by atoms with Crippen LogP contribution < -0.4 is 0 Å². The number of hydrogen-bond donors (Lipinski definition) is 0. The molecule has 0 aliphatic carbocycles. The predicted octanol–water partition coefficient (Wildman–Crippen LogP) is 2.88.